The molecule has 2 fully saturated rings. The number of alkyl carbamates (subject to hydrolysis) is 1. The number of ether oxygens (including phenoxy) is 3. The molecule has 2 rings (SSSR count). The average molecular weight is 461 g/mol. The SMILES string of the molecule is CC[C@H]1OC(=O)SC(=O)[C@H](C)[C@@H](O)[C@](C)(OC)C[C@@H](C)CN[C@H](C)C2NC(=O)O[C@@]21C. The Morgan fingerprint density at radius 1 is 1.23 bits per heavy atom. The molecule has 2 aliphatic heterocycles. The zero-order valence-corrected chi connectivity index (χ0v) is 20.2. The molecule has 0 aromatic carbocycles. The number of fused-ring (bicyclic) bond motifs is 1. The van der Waals surface area contributed by atoms with Crippen molar-refractivity contribution >= 4 is 28.3 Å². The number of cyclic esters (lactones) is 1. The summed E-state index contributed by atoms with van der Waals surface area (Å²) in [7, 11) is 1.50. The minimum Gasteiger partial charge on any atom is -0.450 e. The lowest BCUT2D eigenvalue weighted by Gasteiger charge is -2.38. The Balaban J connectivity index is 2.39. The van der Waals surface area contributed by atoms with Gasteiger partial charge in [-0.15, -0.1) is 0 Å². The highest BCUT2D eigenvalue weighted by Gasteiger charge is 2.54. The molecule has 2 heterocycles. The third-order valence-electron chi connectivity index (χ3n) is 6.62. The van der Waals surface area contributed by atoms with E-state index in [2.05, 4.69) is 10.6 Å². The Hall–Kier alpha value is -1.36. The minimum atomic E-state index is -1.10. The molecule has 1 unspecified atom stereocenters. The molecule has 8 atom stereocenters. The van der Waals surface area contributed by atoms with E-state index in [0.717, 1.165) is 0 Å². The van der Waals surface area contributed by atoms with E-state index < -0.39 is 51.9 Å². The molecular formula is C21H36N2O7S. The van der Waals surface area contributed by atoms with E-state index in [4.69, 9.17) is 14.2 Å². The summed E-state index contributed by atoms with van der Waals surface area (Å²) in [5.74, 6) is -0.757. The van der Waals surface area contributed by atoms with E-state index in [1.807, 2.05) is 20.8 Å². The average Bonchev–Trinajstić information content (AvgIpc) is 3.03. The molecule has 2 aliphatic rings. The summed E-state index contributed by atoms with van der Waals surface area (Å²) in [6.45, 7) is 11.4. The van der Waals surface area contributed by atoms with Crippen molar-refractivity contribution in [1.82, 2.24) is 10.6 Å². The van der Waals surface area contributed by atoms with Crippen LogP contribution in [0.4, 0.5) is 9.59 Å². The Labute approximate surface area is 188 Å². The Bertz CT molecular complexity index is 693. The lowest BCUT2D eigenvalue weighted by atomic mass is 9.82. The standard InChI is InChI=1S/C21H36N2O7S/c1-8-14-21(6)15(23-18(26)30-21)13(4)22-10-11(2)9-20(5,28-7)16(24)12(3)17(25)31-19(27)29-14/h11-16,22,24H,8-10H2,1-7H3,(H,23,26)/t11-,12-,13-,14-,15?,16-,20-,21-/m1/s1. The van der Waals surface area contributed by atoms with Crippen molar-refractivity contribution in [2.45, 2.75) is 89.9 Å². The maximum atomic E-state index is 12.7. The van der Waals surface area contributed by atoms with Crippen molar-refractivity contribution in [3.05, 3.63) is 0 Å². The van der Waals surface area contributed by atoms with Gasteiger partial charge in [-0.3, -0.25) is 4.79 Å². The molecule has 0 aromatic heterocycles. The van der Waals surface area contributed by atoms with E-state index in [1.165, 1.54) is 7.11 Å². The van der Waals surface area contributed by atoms with Gasteiger partial charge in [0.25, 0.3) is 0 Å². The lowest BCUT2D eigenvalue weighted by Crippen LogP contribution is -2.59. The predicted molar refractivity (Wildman–Crippen MR) is 117 cm³/mol. The van der Waals surface area contributed by atoms with Gasteiger partial charge in [-0.1, -0.05) is 20.8 Å². The van der Waals surface area contributed by atoms with Crippen molar-refractivity contribution in [1.29, 1.82) is 0 Å². The van der Waals surface area contributed by atoms with Crippen molar-refractivity contribution < 1.29 is 33.7 Å². The fourth-order valence-corrected chi connectivity index (χ4v) is 5.27. The number of rotatable bonds is 2. The van der Waals surface area contributed by atoms with E-state index in [9.17, 15) is 19.5 Å². The summed E-state index contributed by atoms with van der Waals surface area (Å²) in [6, 6.07) is -0.641. The first kappa shape index (κ1) is 25.9. The van der Waals surface area contributed by atoms with E-state index >= 15 is 0 Å². The Morgan fingerprint density at radius 2 is 1.87 bits per heavy atom. The summed E-state index contributed by atoms with van der Waals surface area (Å²) in [4.78, 5) is 37.4. The first-order chi connectivity index (χ1) is 14.4. The molecule has 2 saturated heterocycles. The summed E-state index contributed by atoms with van der Waals surface area (Å²) in [5.41, 5.74) is -2.08. The second-order valence-electron chi connectivity index (χ2n) is 9.14. The van der Waals surface area contributed by atoms with Crippen molar-refractivity contribution in [3.8, 4) is 0 Å². The summed E-state index contributed by atoms with van der Waals surface area (Å²) in [6.07, 6.45) is -1.54. The molecule has 10 heteroatoms. The van der Waals surface area contributed by atoms with Crippen molar-refractivity contribution in [2.24, 2.45) is 11.8 Å². The number of hydrogen-bond acceptors (Lipinski definition) is 9. The summed E-state index contributed by atoms with van der Waals surface area (Å²) >= 11 is 0.417. The van der Waals surface area contributed by atoms with Crippen LogP contribution < -0.4 is 10.6 Å². The van der Waals surface area contributed by atoms with Crippen LogP contribution in [0, 0.1) is 11.8 Å². The highest BCUT2D eigenvalue weighted by Crippen LogP contribution is 2.35. The number of hydrogen-bond donors (Lipinski definition) is 3. The van der Waals surface area contributed by atoms with E-state index in [0.29, 0.717) is 31.1 Å². The van der Waals surface area contributed by atoms with Crippen LogP contribution in [0.15, 0.2) is 0 Å². The second-order valence-corrected chi connectivity index (χ2v) is 10.1. The van der Waals surface area contributed by atoms with E-state index in [-0.39, 0.29) is 12.0 Å². The van der Waals surface area contributed by atoms with Gasteiger partial charge in [0.15, 0.2) is 5.60 Å². The van der Waals surface area contributed by atoms with Crippen LogP contribution in [0.2, 0.25) is 0 Å². The first-order valence-corrected chi connectivity index (χ1v) is 11.6. The Kier molecular flexibility index (Phi) is 8.40. The van der Waals surface area contributed by atoms with Gasteiger partial charge in [0, 0.05) is 24.9 Å². The Morgan fingerprint density at radius 3 is 2.45 bits per heavy atom. The number of carbonyl (C=O) groups excluding carboxylic acids is 3. The summed E-state index contributed by atoms with van der Waals surface area (Å²) in [5, 5.41) is 15.8. The molecule has 0 saturated carbocycles. The van der Waals surface area contributed by atoms with Crippen LogP contribution in [-0.4, -0.2) is 70.8 Å². The molecular weight excluding hydrogens is 424 g/mol. The van der Waals surface area contributed by atoms with Gasteiger partial charge in [-0.25, -0.2) is 9.59 Å². The third kappa shape index (κ3) is 5.53. The second kappa shape index (κ2) is 10.1. The highest BCUT2D eigenvalue weighted by atomic mass is 32.2. The number of aliphatic hydroxyl groups is 1. The maximum absolute atomic E-state index is 12.7. The molecule has 31 heavy (non-hydrogen) atoms. The molecule has 0 aromatic rings. The molecule has 0 bridgehead atoms. The van der Waals surface area contributed by atoms with Gasteiger partial charge in [-0.2, -0.15) is 0 Å². The zero-order valence-electron chi connectivity index (χ0n) is 19.4. The largest absolute Gasteiger partial charge is 0.450 e. The number of thioether (sulfide) groups is 1. The van der Waals surface area contributed by atoms with Crippen LogP contribution in [0.5, 0.6) is 0 Å². The van der Waals surface area contributed by atoms with Gasteiger partial charge >= 0.3 is 11.4 Å². The van der Waals surface area contributed by atoms with Gasteiger partial charge in [-0.05, 0) is 46.1 Å². The number of methoxy groups -OCH3 is 1. The van der Waals surface area contributed by atoms with Gasteiger partial charge in [0.1, 0.15) is 6.10 Å². The topological polar surface area (TPSA) is 123 Å². The van der Waals surface area contributed by atoms with Gasteiger partial charge < -0.3 is 30.0 Å². The molecule has 0 aliphatic carbocycles. The quantitative estimate of drug-likeness (QED) is 0.533. The van der Waals surface area contributed by atoms with Crippen LogP contribution >= 0.6 is 11.8 Å². The fourth-order valence-electron chi connectivity index (χ4n) is 4.62. The monoisotopic (exact) mass is 460 g/mol. The molecule has 1 amide bonds. The molecule has 9 nitrogen and oxygen atoms in total. The van der Waals surface area contributed by atoms with Crippen molar-refractivity contribution in [2.75, 3.05) is 13.7 Å². The van der Waals surface area contributed by atoms with Gasteiger partial charge in [0.2, 0.25) is 5.12 Å². The van der Waals surface area contributed by atoms with Crippen LogP contribution in [0.3, 0.4) is 0 Å². The van der Waals surface area contributed by atoms with E-state index in [1.54, 1.807) is 20.8 Å². The molecule has 3 N–H and O–H groups in total. The molecule has 0 spiro atoms. The van der Waals surface area contributed by atoms with Crippen molar-refractivity contribution in [3.63, 3.8) is 0 Å². The number of carbonyl (C=O) groups is 3. The number of aliphatic hydroxyl groups excluding tert-OH is 1. The predicted octanol–water partition coefficient (Wildman–Crippen LogP) is 2.45. The lowest BCUT2D eigenvalue weighted by molar-refractivity contribution is -0.138. The minimum absolute atomic E-state index is 0.0891. The van der Waals surface area contributed by atoms with Gasteiger partial charge in [0.05, 0.1) is 23.7 Å². The number of amides is 1. The zero-order chi connectivity index (χ0) is 23.6. The summed E-state index contributed by atoms with van der Waals surface area (Å²) < 4.78 is 16.8. The van der Waals surface area contributed by atoms with Crippen LogP contribution in [-0.2, 0) is 19.0 Å². The highest BCUT2D eigenvalue weighted by molar-refractivity contribution is 8.25. The maximum Gasteiger partial charge on any atom is 0.408 e. The fraction of sp³-hybridized carbons (Fsp3) is 0.857. The third-order valence-corrected chi connectivity index (χ3v) is 7.45. The molecule has 0 radical (unpaired) electrons. The van der Waals surface area contributed by atoms with Crippen LogP contribution in [0.1, 0.15) is 54.4 Å². The normalized spacial score (nSPS) is 43.2. The van der Waals surface area contributed by atoms with Crippen LogP contribution in [0.25, 0.3) is 0 Å². The first-order valence-electron chi connectivity index (χ1n) is 10.8. The smallest absolute Gasteiger partial charge is 0.408 e. The number of nitrogens with one attached hydrogen (secondary N) is 2. The molecule has 178 valence electrons.